The number of aromatic nitrogens is 1. The number of oxime groups is 1. The zero-order chi connectivity index (χ0) is 28.2. The highest BCUT2D eigenvalue weighted by atomic mass is 32.2. The lowest BCUT2D eigenvalue weighted by molar-refractivity contribution is -0.160. The predicted octanol–water partition coefficient (Wildman–Crippen LogP) is -1.21. The number of nitrogens with two attached hydrogens (primary N) is 3. The molecule has 1 aromatic rings. The summed E-state index contributed by atoms with van der Waals surface area (Å²) < 4.78 is 5.13. The Morgan fingerprint density at radius 2 is 2.05 bits per heavy atom. The van der Waals surface area contributed by atoms with E-state index in [0.717, 1.165) is 22.5 Å². The zero-order valence-corrected chi connectivity index (χ0v) is 22.0. The zero-order valence-electron chi connectivity index (χ0n) is 20.4. The molecule has 16 nitrogen and oxygen atoms in total. The number of hydrogen-bond donors (Lipinski definition) is 5. The number of nitrogens with zero attached hydrogens (tertiary/aromatic N) is 5. The molecule has 0 radical (unpaired) electrons. The molecule has 3 heterocycles. The molecule has 1 fully saturated rings. The van der Waals surface area contributed by atoms with E-state index in [1.54, 1.807) is 20.8 Å². The number of anilines is 1. The van der Waals surface area contributed by atoms with Crippen molar-refractivity contribution < 1.29 is 33.9 Å². The second-order valence-corrected chi connectivity index (χ2v) is 10.7. The number of thioether (sulfide) groups is 1. The number of β-lactam (4-membered cyclic amide) rings is 1. The molecule has 2 amide bonds. The number of carboxylic acid groups (broad SMARTS) is 1. The maximum atomic E-state index is 13.1. The van der Waals surface area contributed by atoms with Crippen LogP contribution in [0.15, 0.2) is 32.0 Å². The summed E-state index contributed by atoms with van der Waals surface area (Å²) in [7, 11) is 0. The lowest BCUT2D eigenvalue weighted by atomic mass is 10.0. The Labute approximate surface area is 224 Å². The van der Waals surface area contributed by atoms with Crippen LogP contribution in [0.1, 0.15) is 26.5 Å². The third-order valence-corrected chi connectivity index (χ3v) is 6.59. The summed E-state index contributed by atoms with van der Waals surface area (Å²) in [5.74, 6) is -3.78. The highest BCUT2D eigenvalue weighted by Crippen LogP contribution is 2.40. The first-order valence-electron chi connectivity index (χ1n) is 10.8. The van der Waals surface area contributed by atoms with Crippen LogP contribution in [0, 0.1) is 0 Å². The Morgan fingerprint density at radius 1 is 1.34 bits per heavy atom. The summed E-state index contributed by atoms with van der Waals surface area (Å²) in [6.07, 6.45) is 1.14. The van der Waals surface area contributed by atoms with Crippen LogP contribution in [0.3, 0.4) is 0 Å². The number of thiazole rings is 1. The summed E-state index contributed by atoms with van der Waals surface area (Å²) in [6, 6.07) is -1.08. The second kappa shape index (κ2) is 11.5. The van der Waals surface area contributed by atoms with E-state index in [4.69, 9.17) is 26.8 Å². The van der Waals surface area contributed by atoms with Crippen LogP contribution in [-0.4, -0.2) is 86.0 Å². The van der Waals surface area contributed by atoms with Gasteiger partial charge in [0.25, 0.3) is 11.8 Å². The quantitative estimate of drug-likeness (QED) is 0.0774. The molecule has 2 aliphatic heterocycles. The molecule has 38 heavy (non-hydrogen) atoms. The second-order valence-electron chi connectivity index (χ2n) is 8.68. The predicted molar refractivity (Wildman–Crippen MR) is 139 cm³/mol. The molecule has 0 bridgehead atoms. The fraction of sp³-hybridized carbons (Fsp3) is 0.400. The van der Waals surface area contributed by atoms with Crippen LogP contribution in [0.4, 0.5) is 5.13 Å². The number of fused-ring (bicyclic) bond motifs is 1. The van der Waals surface area contributed by atoms with Crippen molar-refractivity contribution in [2.75, 3.05) is 18.1 Å². The Balaban J connectivity index is 1.77. The number of nitrogens with one attached hydrogen (secondary N) is 1. The van der Waals surface area contributed by atoms with Crippen LogP contribution in [-0.2, 0) is 28.8 Å². The highest BCUT2D eigenvalue weighted by molar-refractivity contribution is 8.00. The topological polar surface area (TPSA) is 250 Å². The van der Waals surface area contributed by atoms with Gasteiger partial charge in [0.1, 0.15) is 28.4 Å². The number of carbonyl (C=O) groups excluding carboxylic acids is 3. The fourth-order valence-electron chi connectivity index (χ4n) is 3.24. The largest absolute Gasteiger partial charge is 0.477 e. The van der Waals surface area contributed by atoms with E-state index in [2.05, 4.69) is 25.7 Å². The molecule has 1 unspecified atom stereocenters. The van der Waals surface area contributed by atoms with E-state index in [0.29, 0.717) is 0 Å². The molecular formula is C20H25N9O7S2. The number of ether oxygens (including phenoxy) is 1. The van der Waals surface area contributed by atoms with Gasteiger partial charge in [0.05, 0.1) is 6.21 Å². The summed E-state index contributed by atoms with van der Waals surface area (Å²) in [5.41, 5.74) is 14.9. The van der Waals surface area contributed by atoms with Crippen LogP contribution in [0.25, 0.3) is 0 Å². The van der Waals surface area contributed by atoms with Gasteiger partial charge in [-0.1, -0.05) is 5.16 Å². The van der Waals surface area contributed by atoms with Gasteiger partial charge in [-0.2, -0.15) is 5.10 Å². The van der Waals surface area contributed by atoms with Crippen molar-refractivity contribution >= 4 is 69.9 Å². The van der Waals surface area contributed by atoms with E-state index in [1.807, 2.05) is 0 Å². The summed E-state index contributed by atoms with van der Waals surface area (Å²) in [5, 5.41) is 23.9. The number of nitrogen functional groups attached to an aromatic ring is 1. The van der Waals surface area contributed by atoms with E-state index < -0.39 is 47.4 Å². The fourth-order valence-corrected chi connectivity index (χ4v) is 5.08. The monoisotopic (exact) mass is 567 g/mol. The maximum Gasteiger partial charge on any atom is 0.353 e. The number of hydrogen-bond acceptors (Lipinski definition) is 13. The molecular weight excluding hydrogens is 542 g/mol. The van der Waals surface area contributed by atoms with Crippen LogP contribution in [0.5, 0.6) is 0 Å². The van der Waals surface area contributed by atoms with Gasteiger partial charge in [0, 0.05) is 16.7 Å². The maximum absolute atomic E-state index is 13.1. The first kappa shape index (κ1) is 28.4. The Morgan fingerprint density at radius 3 is 2.63 bits per heavy atom. The van der Waals surface area contributed by atoms with Crippen molar-refractivity contribution in [3.05, 3.63) is 22.3 Å². The first-order chi connectivity index (χ1) is 17.8. The Kier molecular flexibility index (Phi) is 8.56. The summed E-state index contributed by atoms with van der Waals surface area (Å²) in [4.78, 5) is 59.8. The smallest absolute Gasteiger partial charge is 0.353 e. The minimum Gasteiger partial charge on any atom is -0.477 e. The van der Waals surface area contributed by atoms with Gasteiger partial charge < -0.3 is 37.2 Å². The number of esters is 1. The van der Waals surface area contributed by atoms with Gasteiger partial charge in [0.15, 0.2) is 10.8 Å². The van der Waals surface area contributed by atoms with E-state index in [9.17, 15) is 24.3 Å². The van der Waals surface area contributed by atoms with Crippen molar-refractivity contribution in [2.24, 2.45) is 26.8 Å². The van der Waals surface area contributed by atoms with Crippen molar-refractivity contribution in [3.63, 3.8) is 0 Å². The molecule has 0 aromatic carbocycles. The van der Waals surface area contributed by atoms with E-state index in [1.165, 1.54) is 17.1 Å². The molecule has 1 saturated heterocycles. The lowest BCUT2D eigenvalue weighted by Crippen LogP contribution is -2.71. The number of guanidine groups is 1. The third-order valence-electron chi connectivity index (χ3n) is 4.61. The highest BCUT2D eigenvalue weighted by Gasteiger charge is 2.54. The lowest BCUT2D eigenvalue weighted by Gasteiger charge is -2.49. The number of carbonyl (C=O) groups is 4. The molecule has 0 saturated carbocycles. The average Bonchev–Trinajstić information content (AvgIpc) is 3.23. The number of aliphatic carboxylic acids is 1. The van der Waals surface area contributed by atoms with Crippen molar-refractivity contribution in [3.8, 4) is 0 Å². The molecule has 18 heteroatoms. The van der Waals surface area contributed by atoms with Crippen LogP contribution >= 0.6 is 23.1 Å². The Bertz CT molecular complexity index is 1260. The third kappa shape index (κ3) is 6.76. The SMILES string of the molecule is CC(C)(C)OC(=O)CO/N=C(\C(=O)NC1C(=O)N2C(C(=O)O)=C(C=NN=C(N)N)CS[C@@H]12)c1csc(N)n1. The van der Waals surface area contributed by atoms with Crippen LogP contribution < -0.4 is 22.5 Å². The van der Waals surface area contributed by atoms with Gasteiger partial charge in [-0.15, -0.1) is 28.2 Å². The minimum absolute atomic E-state index is 0.0541. The normalized spacial score (nSPS) is 19.5. The standard InChI is InChI=1S/C20H25N9O7S2/c1-20(2,3)36-10(30)5-35-28-11(9-7-38-19(23)25-9)14(31)26-12-15(32)29-13(17(33)34)8(6-37-16(12)29)4-24-27-18(21)22/h4,7,12,16H,5-6H2,1-3H3,(H2,23,25)(H,26,31)(H,33,34)(H4,21,22,27)/b24-4?,28-11-/t12?,16-/m0/s1. The van der Waals surface area contributed by atoms with Gasteiger partial charge in [-0.3, -0.25) is 14.5 Å². The molecule has 204 valence electrons. The number of carboxylic acids is 1. The molecule has 2 atom stereocenters. The first-order valence-corrected chi connectivity index (χ1v) is 12.7. The average molecular weight is 568 g/mol. The van der Waals surface area contributed by atoms with Crippen molar-refractivity contribution in [1.82, 2.24) is 15.2 Å². The van der Waals surface area contributed by atoms with Crippen molar-refractivity contribution in [2.45, 2.75) is 37.8 Å². The Hall–Kier alpha value is -4.19. The number of amides is 2. The molecule has 2 aliphatic rings. The summed E-state index contributed by atoms with van der Waals surface area (Å²) >= 11 is 2.23. The van der Waals surface area contributed by atoms with E-state index >= 15 is 0 Å². The molecule has 0 aliphatic carbocycles. The van der Waals surface area contributed by atoms with Gasteiger partial charge in [0.2, 0.25) is 12.6 Å². The van der Waals surface area contributed by atoms with E-state index in [-0.39, 0.29) is 39.5 Å². The molecule has 0 spiro atoms. The molecule has 8 N–H and O–H groups in total. The van der Waals surface area contributed by atoms with Crippen molar-refractivity contribution in [1.29, 1.82) is 0 Å². The van der Waals surface area contributed by atoms with Crippen LogP contribution in [0.2, 0.25) is 0 Å². The minimum atomic E-state index is -1.37. The number of rotatable bonds is 9. The molecule has 3 rings (SSSR count). The van der Waals surface area contributed by atoms with Gasteiger partial charge in [-0.05, 0) is 20.8 Å². The van der Waals surface area contributed by atoms with Gasteiger partial charge >= 0.3 is 11.9 Å². The molecule has 1 aromatic heterocycles. The van der Waals surface area contributed by atoms with Gasteiger partial charge in [-0.25, -0.2) is 14.6 Å². The summed E-state index contributed by atoms with van der Waals surface area (Å²) in [6.45, 7) is 4.45.